The van der Waals surface area contributed by atoms with Crippen molar-refractivity contribution >= 4 is 5.91 Å². The minimum atomic E-state index is -0.286. The van der Waals surface area contributed by atoms with E-state index in [1.807, 2.05) is 24.3 Å². The highest BCUT2D eigenvalue weighted by Gasteiger charge is 2.23. The Labute approximate surface area is 175 Å². The average molecular weight is 410 g/mol. The molecule has 30 heavy (non-hydrogen) atoms. The van der Waals surface area contributed by atoms with E-state index in [0.717, 1.165) is 44.0 Å². The van der Waals surface area contributed by atoms with E-state index in [4.69, 9.17) is 13.7 Å². The molecule has 0 saturated carbocycles. The third-order valence-electron chi connectivity index (χ3n) is 5.37. The van der Waals surface area contributed by atoms with Crippen LogP contribution in [0.3, 0.4) is 0 Å². The predicted molar refractivity (Wildman–Crippen MR) is 111 cm³/mol. The maximum absolute atomic E-state index is 12.9. The van der Waals surface area contributed by atoms with Crippen LogP contribution < -0.4 is 10.1 Å². The number of carbonyl (C=O) groups is 1. The lowest BCUT2D eigenvalue weighted by molar-refractivity contribution is 0.0898. The van der Waals surface area contributed by atoms with Crippen molar-refractivity contribution in [3.63, 3.8) is 0 Å². The number of nitrogens with one attached hydrogen (secondary N) is 1. The van der Waals surface area contributed by atoms with Gasteiger partial charge in [0, 0.05) is 38.8 Å². The second-order valence-corrected chi connectivity index (χ2v) is 7.46. The fourth-order valence-electron chi connectivity index (χ4n) is 3.51. The standard InChI is InChI=1S/C22H26N4O4/c1-25-9-11-26(12-10-25)15-19(16-5-7-17(28-2)8-6-16)23-22(27)18-14-21(30-24-18)20-4-3-13-29-20/h3-8,13-14,19H,9-12,15H2,1-2H3,(H,23,27)/t19-/m1/s1. The summed E-state index contributed by atoms with van der Waals surface area (Å²) in [6, 6.07) is 12.7. The molecule has 1 atom stereocenters. The van der Waals surface area contributed by atoms with Gasteiger partial charge in [-0.15, -0.1) is 0 Å². The van der Waals surface area contributed by atoms with Crippen LogP contribution in [0.5, 0.6) is 5.75 Å². The van der Waals surface area contributed by atoms with E-state index in [-0.39, 0.29) is 17.6 Å². The van der Waals surface area contributed by atoms with E-state index in [1.165, 1.54) is 0 Å². The molecular weight excluding hydrogens is 384 g/mol. The van der Waals surface area contributed by atoms with Gasteiger partial charge in [-0.1, -0.05) is 17.3 Å². The summed E-state index contributed by atoms with van der Waals surface area (Å²) in [5, 5.41) is 7.03. The van der Waals surface area contributed by atoms with Gasteiger partial charge in [0.2, 0.25) is 5.76 Å². The zero-order valence-corrected chi connectivity index (χ0v) is 17.2. The van der Waals surface area contributed by atoms with Crippen molar-refractivity contribution < 1.29 is 18.5 Å². The first-order valence-electron chi connectivity index (χ1n) is 9.98. The molecule has 0 bridgehead atoms. The molecule has 1 saturated heterocycles. The van der Waals surface area contributed by atoms with Gasteiger partial charge in [-0.25, -0.2) is 0 Å². The van der Waals surface area contributed by atoms with Gasteiger partial charge >= 0.3 is 0 Å². The number of hydrogen-bond donors (Lipinski definition) is 1. The molecule has 1 aliphatic heterocycles. The summed E-state index contributed by atoms with van der Waals surface area (Å²) < 4.78 is 15.8. The van der Waals surface area contributed by atoms with Gasteiger partial charge in [-0.05, 0) is 36.9 Å². The lowest BCUT2D eigenvalue weighted by Gasteiger charge is -2.35. The van der Waals surface area contributed by atoms with Gasteiger partial charge < -0.3 is 23.9 Å². The molecule has 3 aromatic rings. The molecule has 1 amide bonds. The fourth-order valence-corrected chi connectivity index (χ4v) is 3.51. The van der Waals surface area contributed by atoms with Gasteiger partial charge in [-0.2, -0.15) is 0 Å². The van der Waals surface area contributed by atoms with Crippen molar-refractivity contribution in [2.75, 3.05) is 46.9 Å². The highest BCUT2D eigenvalue weighted by atomic mass is 16.5. The number of hydrogen-bond acceptors (Lipinski definition) is 7. The van der Waals surface area contributed by atoms with E-state index in [9.17, 15) is 4.79 Å². The van der Waals surface area contributed by atoms with Gasteiger partial charge in [0.15, 0.2) is 11.5 Å². The number of carbonyl (C=O) groups excluding carboxylic acids is 1. The van der Waals surface area contributed by atoms with Crippen LogP contribution in [-0.4, -0.2) is 67.7 Å². The normalized spacial score (nSPS) is 16.3. The second-order valence-electron chi connectivity index (χ2n) is 7.46. The summed E-state index contributed by atoms with van der Waals surface area (Å²) in [6.45, 7) is 4.67. The first-order valence-corrected chi connectivity index (χ1v) is 9.98. The number of amides is 1. The predicted octanol–water partition coefficient (Wildman–Crippen LogP) is 2.66. The highest BCUT2D eigenvalue weighted by Crippen LogP contribution is 2.23. The number of rotatable bonds is 7. The quantitative estimate of drug-likeness (QED) is 0.641. The fraction of sp³-hybridized carbons (Fsp3) is 0.364. The minimum absolute atomic E-state index is 0.185. The number of methoxy groups -OCH3 is 1. The van der Waals surface area contributed by atoms with Crippen LogP contribution in [0, 0.1) is 0 Å². The van der Waals surface area contributed by atoms with Crippen LogP contribution in [0.4, 0.5) is 0 Å². The molecule has 0 aliphatic carbocycles. The Morgan fingerprint density at radius 2 is 1.93 bits per heavy atom. The number of aromatic nitrogens is 1. The van der Waals surface area contributed by atoms with E-state index >= 15 is 0 Å². The lowest BCUT2D eigenvalue weighted by atomic mass is 10.1. The molecule has 158 valence electrons. The third-order valence-corrected chi connectivity index (χ3v) is 5.37. The van der Waals surface area contributed by atoms with Gasteiger partial charge in [0.05, 0.1) is 19.4 Å². The number of nitrogens with zero attached hydrogens (tertiary/aromatic N) is 3. The van der Waals surface area contributed by atoms with Gasteiger partial charge in [-0.3, -0.25) is 9.69 Å². The minimum Gasteiger partial charge on any atom is -0.497 e. The van der Waals surface area contributed by atoms with Gasteiger partial charge in [0.25, 0.3) is 5.91 Å². The molecule has 0 radical (unpaired) electrons. The molecule has 3 heterocycles. The van der Waals surface area contributed by atoms with E-state index in [0.29, 0.717) is 11.5 Å². The van der Waals surface area contributed by atoms with E-state index in [1.54, 1.807) is 31.6 Å². The molecule has 2 aromatic heterocycles. The Hall–Kier alpha value is -3.10. The zero-order chi connectivity index (χ0) is 20.9. The Morgan fingerprint density at radius 3 is 2.60 bits per heavy atom. The molecule has 0 unspecified atom stereocenters. The molecule has 0 spiro atoms. The number of benzene rings is 1. The Morgan fingerprint density at radius 1 is 1.17 bits per heavy atom. The first-order chi connectivity index (χ1) is 14.6. The Bertz CT molecular complexity index is 944. The molecule has 1 aliphatic rings. The number of furan rings is 1. The van der Waals surface area contributed by atoms with E-state index in [2.05, 4.69) is 27.3 Å². The molecule has 8 nitrogen and oxygen atoms in total. The summed E-state index contributed by atoms with van der Waals surface area (Å²) in [5.74, 6) is 1.45. The van der Waals surface area contributed by atoms with Crippen LogP contribution in [0.15, 0.2) is 57.7 Å². The SMILES string of the molecule is COc1ccc([C@@H](CN2CCN(C)CC2)NC(=O)c2cc(-c3ccco3)on2)cc1. The van der Waals surface area contributed by atoms with E-state index < -0.39 is 0 Å². The topological polar surface area (TPSA) is 84.0 Å². The summed E-state index contributed by atoms with van der Waals surface area (Å²) in [6.07, 6.45) is 1.55. The Kier molecular flexibility index (Phi) is 6.15. The van der Waals surface area contributed by atoms with Crippen molar-refractivity contribution in [3.05, 3.63) is 60.0 Å². The monoisotopic (exact) mass is 410 g/mol. The van der Waals surface area contributed by atoms with Crippen LogP contribution >= 0.6 is 0 Å². The highest BCUT2D eigenvalue weighted by molar-refractivity contribution is 5.93. The van der Waals surface area contributed by atoms with Crippen molar-refractivity contribution in [3.8, 4) is 17.3 Å². The second kappa shape index (κ2) is 9.15. The molecule has 4 rings (SSSR count). The third kappa shape index (κ3) is 4.72. The maximum Gasteiger partial charge on any atom is 0.274 e. The summed E-state index contributed by atoms with van der Waals surface area (Å²) in [7, 11) is 3.76. The number of likely N-dealkylation sites (N-methyl/N-ethyl adjacent to an activating group) is 1. The lowest BCUT2D eigenvalue weighted by Crippen LogP contribution is -2.47. The van der Waals surface area contributed by atoms with Crippen LogP contribution in [0.25, 0.3) is 11.5 Å². The molecule has 1 N–H and O–H groups in total. The molecule has 1 fully saturated rings. The number of ether oxygens (including phenoxy) is 1. The number of piperazine rings is 1. The van der Waals surface area contributed by atoms with Gasteiger partial charge in [0.1, 0.15) is 5.75 Å². The largest absolute Gasteiger partial charge is 0.497 e. The smallest absolute Gasteiger partial charge is 0.274 e. The first kappa shape index (κ1) is 20.2. The molecule has 1 aromatic carbocycles. The van der Waals surface area contributed by atoms with Crippen molar-refractivity contribution in [2.24, 2.45) is 0 Å². The van der Waals surface area contributed by atoms with Crippen molar-refractivity contribution in [1.29, 1.82) is 0 Å². The Balaban J connectivity index is 1.50. The molecular formula is C22H26N4O4. The summed E-state index contributed by atoms with van der Waals surface area (Å²) in [4.78, 5) is 17.6. The molecule has 8 heteroatoms. The van der Waals surface area contributed by atoms with Crippen molar-refractivity contribution in [1.82, 2.24) is 20.3 Å². The summed E-state index contributed by atoms with van der Waals surface area (Å²) >= 11 is 0. The maximum atomic E-state index is 12.9. The zero-order valence-electron chi connectivity index (χ0n) is 17.2. The average Bonchev–Trinajstić information content (AvgIpc) is 3.47. The van der Waals surface area contributed by atoms with Crippen LogP contribution in [0.1, 0.15) is 22.1 Å². The van der Waals surface area contributed by atoms with Crippen LogP contribution in [-0.2, 0) is 0 Å². The van der Waals surface area contributed by atoms with Crippen molar-refractivity contribution in [2.45, 2.75) is 6.04 Å². The van der Waals surface area contributed by atoms with Crippen LogP contribution in [0.2, 0.25) is 0 Å². The summed E-state index contributed by atoms with van der Waals surface area (Å²) in [5.41, 5.74) is 1.23.